The normalized spacial score (nSPS) is 15.1. The predicted molar refractivity (Wildman–Crippen MR) is 59.5 cm³/mol. The van der Waals surface area contributed by atoms with Crippen LogP contribution in [0.3, 0.4) is 0 Å². The average molecular weight is 221 g/mol. The van der Waals surface area contributed by atoms with Gasteiger partial charge in [-0.3, -0.25) is 4.79 Å². The van der Waals surface area contributed by atoms with Gasteiger partial charge >= 0.3 is 5.97 Å². The number of hydrogen-bond acceptors (Lipinski definition) is 2. The molecule has 0 aliphatic rings. The van der Waals surface area contributed by atoms with Crippen LogP contribution in [0.4, 0.5) is 0 Å². The summed E-state index contributed by atoms with van der Waals surface area (Å²) >= 11 is 6.26. The van der Waals surface area contributed by atoms with Crippen LogP contribution in [0.15, 0.2) is 0 Å². The van der Waals surface area contributed by atoms with Crippen LogP contribution >= 0.6 is 11.6 Å². The summed E-state index contributed by atoms with van der Waals surface area (Å²) in [5, 5.41) is 0. The van der Waals surface area contributed by atoms with Crippen molar-refractivity contribution in [3.8, 4) is 0 Å². The van der Waals surface area contributed by atoms with Crippen LogP contribution in [0.5, 0.6) is 0 Å². The zero-order valence-corrected chi connectivity index (χ0v) is 10.7. The van der Waals surface area contributed by atoms with E-state index in [2.05, 4.69) is 0 Å². The molecule has 0 aliphatic heterocycles. The number of ether oxygens (including phenoxy) is 1. The third kappa shape index (κ3) is 2.88. The highest BCUT2D eigenvalue weighted by molar-refractivity contribution is 6.24. The largest absolute Gasteiger partial charge is 0.466 e. The molecule has 0 heterocycles. The van der Waals surface area contributed by atoms with Crippen molar-refractivity contribution >= 4 is 17.6 Å². The fourth-order valence-corrected chi connectivity index (χ4v) is 1.24. The standard InChI is InChI=1S/C11H21ClO2/c1-7-14-9(13)8(2)10(3,4)11(5,6)12/h8H,7H2,1-6H3. The van der Waals surface area contributed by atoms with E-state index in [1.165, 1.54) is 0 Å². The van der Waals surface area contributed by atoms with Gasteiger partial charge in [0.2, 0.25) is 0 Å². The molecule has 0 bridgehead atoms. The highest BCUT2D eigenvalue weighted by atomic mass is 35.5. The summed E-state index contributed by atoms with van der Waals surface area (Å²) in [4.78, 5) is 11.1. The monoisotopic (exact) mass is 220 g/mol. The van der Waals surface area contributed by atoms with Crippen molar-refractivity contribution in [1.82, 2.24) is 0 Å². The average Bonchev–Trinajstić information content (AvgIpc) is 2.01. The van der Waals surface area contributed by atoms with Crippen LogP contribution in [0.25, 0.3) is 0 Å². The highest BCUT2D eigenvalue weighted by Crippen LogP contribution is 2.42. The Morgan fingerprint density at radius 3 is 2.07 bits per heavy atom. The molecule has 2 nitrogen and oxygen atoms in total. The fourth-order valence-electron chi connectivity index (χ4n) is 1.08. The first-order chi connectivity index (χ1) is 6.14. The van der Waals surface area contributed by atoms with Crippen LogP contribution in [-0.2, 0) is 9.53 Å². The van der Waals surface area contributed by atoms with E-state index in [4.69, 9.17) is 16.3 Å². The summed E-state index contributed by atoms with van der Waals surface area (Å²) in [7, 11) is 0. The fraction of sp³-hybridized carbons (Fsp3) is 0.909. The van der Waals surface area contributed by atoms with Crippen molar-refractivity contribution in [2.45, 2.75) is 46.4 Å². The Kier molecular flexibility index (Phi) is 4.44. The van der Waals surface area contributed by atoms with Gasteiger partial charge in [-0.2, -0.15) is 0 Å². The van der Waals surface area contributed by atoms with Crippen molar-refractivity contribution in [2.24, 2.45) is 11.3 Å². The van der Waals surface area contributed by atoms with E-state index < -0.39 is 4.87 Å². The van der Waals surface area contributed by atoms with E-state index in [1.807, 2.05) is 41.5 Å². The maximum absolute atomic E-state index is 11.6. The predicted octanol–water partition coefficient (Wildman–Crippen LogP) is 3.23. The molecule has 14 heavy (non-hydrogen) atoms. The summed E-state index contributed by atoms with van der Waals surface area (Å²) in [5.74, 6) is -0.374. The first-order valence-corrected chi connectivity index (χ1v) is 5.38. The van der Waals surface area contributed by atoms with Crippen molar-refractivity contribution in [3.63, 3.8) is 0 Å². The Bertz CT molecular complexity index is 204. The first-order valence-electron chi connectivity index (χ1n) is 5.00. The van der Waals surface area contributed by atoms with Gasteiger partial charge in [-0.25, -0.2) is 0 Å². The molecular formula is C11H21ClO2. The number of alkyl halides is 1. The van der Waals surface area contributed by atoms with Gasteiger partial charge in [-0.05, 0) is 26.2 Å². The lowest BCUT2D eigenvalue weighted by molar-refractivity contribution is -0.152. The molecule has 3 heteroatoms. The highest BCUT2D eigenvalue weighted by Gasteiger charge is 2.43. The maximum atomic E-state index is 11.6. The molecule has 0 radical (unpaired) electrons. The molecule has 0 saturated heterocycles. The molecule has 0 N–H and O–H groups in total. The van der Waals surface area contributed by atoms with Crippen LogP contribution in [0.2, 0.25) is 0 Å². The van der Waals surface area contributed by atoms with E-state index in [0.29, 0.717) is 6.61 Å². The van der Waals surface area contributed by atoms with Crippen LogP contribution in [0.1, 0.15) is 41.5 Å². The zero-order chi connectivity index (χ0) is 11.6. The number of esters is 1. The van der Waals surface area contributed by atoms with Crippen molar-refractivity contribution < 1.29 is 9.53 Å². The molecule has 0 aliphatic carbocycles. The zero-order valence-electron chi connectivity index (χ0n) is 9.98. The minimum absolute atomic E-state index is 0.175. The summed E-state index contributed by atoms with van der Waals surface area (Å²) in [6.45, 7) is 11.9. The SMILES string of the molecule is CCOC(=O)C(C)C(C)(C)C(C)(C)Cl. The van der Waals surface area contributed by atoms with Gasteiger partial charge in [0, 0.05) is 4.87 Å². The van der Waals surface area contributed by atoms with Gasteiger partial charge in [0.15, 0.2) is 0 Å². The molecule has 0 saturated carbocycles. The van der Waals surface area contributed by atoms with E-state index >= 15 is 0 Å². The van der Waals surface area contributed by atoms with E-state index in [1.54, 1.807) is 0 Å². The van der Waals surface area contributed by atoms with Crippen molar-refractivity contribution in [3.05, 3.63) is 0 Å². The number of rotatable bonds is 4. The van der Waals surface area contributed by atoms with Gasteiger partial charge in [0.1, 0.15) is 0 Å². The van der Waals surface area contributed by atoms with Gasteiger partial charge < -0.3 is 4.74 Å². The molecule has 0 fully saturated rings. The summed E-state index contributed by atoms with van der Waals surface area (Å²) in [6, 6.07) is 0. The van der Waals surface area contributed by atoms with Gasteiger partial charge in [0.05, 0.1) is 12.5 Å². The first kappa shape index (κ1) is 13.8. The molecule has 0 spiro atoms. The second kappa shape index (κ2) is 4.52. The lowest BCUT2D eigenvalue weighted by atomic mass is 9.71. The summed E-state index contributed by atoms with van der Waals surface area (Å²) in [6.07, 6.45) is 0. The Hall–Kier alpha value is -0.240. The molecule has 0 aromatic carbocycles. The number of carbonyl (C=O) groups is 1. The van der Waals surface area contributed by atoms with Crippen LogP contribution in [0, 0.1) is 11.3 Å². The van der Waals surface area contributed by atoms with Gasteiger partial charge in [0.25, 0.3) is 0 Å². The molecule has 1 atom stereocenters. The molecule has 0 rings (SSSR count). The Labute approximate surface area is 92.0 Å². The summed E-state index contributed by atoms with van der Waals surface area (Å²) < 4.78 is 4.99. The Balaban J connectivity index is 4.66. The smallest absolute Gasteiger partial charge is 0.309 e. The number of carbonyl (C=O) groups excluding carboxylic acids is 1. The van der Waals surface area contributed by atoms with Crippen molar-refractivity contribution in [2.75, 3.05) is 6.61 Å². The minimum atomic E-state index is -0.431. The van der Waals surface area contributed by atoms with Crippen molar-refractivity contribution in [1.29, 1.82) is 0 Å². The third-order valence-electron chi connectivity index (χ3n) is 3.25. The van der Waals surface area contributed by atoms with Crippen LogP contribution in [-0.4, -0.2) is 17.5 Å². The van der Waals surface area contributed by atoms with Crippen LogP contribution < -0.4 is 0 Å². The second-order valence-corrected chi connectivity index (χ2v) is 5.61. The van der Waals surface area contributed by atoms with E-state index in [-0.39, 0.29) is 17.3 Å². The third-order valence-corrected chi connectivity index (χ3v) is 3.74. The Morgan fingerprint density at radius 1 is 1.36 bits per heavy atom. The van der Waals surface area contributed by atoms with E-state index in [0.717, 1.165) is 0 Å². The molecule has 1 unspecified atom stereocenters. The number of hydrogen-bond donors (Lipinski definition) is 0. The molecule has 0 amide bonds. The second-order valence-electron chi connectivity index (χ2n) is 4.67. The molecule has 0 aromatic heterocycles. The number of halogens is 1. The van der Waals surface area contributed by atoms with Gasteiger partial charge in [-0.15, -0.1) is 11.6 Å². The quantitative estimate of drug-likeness (QED) is 0.537. The topological polar surface area (TPSA) is 26.3 Å². The minimum Gasteiger partial charge on any atom is -0.466 e. The summed E-state index contributed by atoms with van der Waals surface area (Å²) in [5.41, 5.74) is -0.291. The van der Waals surface area contributed by atoms with Gasteiger partial charge in [-0.1, -0.05) is 20.8 Å². The lowest BCUT2D eigenvalue weighted by Crippen LogP contribution is -2.43. The molecule has 84 valence electrons. The molecular weight excluding hydrogens is 200 g/mol. The Morgan fingerprint density at radius 2 is 1.79 bits per heavy atom. The molecule has 0 aromatic rings. The lowest BCUT2D eigenvalue weighted by Gasteiger charge is -2.40. The maximum Gasteiger partial charge on any atom is 0.309 e. The van der Waals surface area contributed by atoms with E-state index in [9.17, 15) is 4.79 Å².